The molecule has 78 valence electrons. The van der Waals surface area contributed by atoms with Crippen molar-refractivity contribution in [1.82, 2.24) is 4.98 Å². The molecule has 1 aliphatic carbocycles. The number of nitrogens with one attached hydrogen (secondary N) is 1. The number of rotatable bonds is 0. The van der Waals surface area contributed by atoms with Crippen LogP contribution in [0.5, 0.6) is 0 Å². The molecule has 2 aromatic rings. The second-order valence-electron chi connectivity index (χ2n) is 4.41. The Hall–Kier alpha value is -1.44. The molecule has 0 saturated carbocycles. The molecule has 3 rings (SSSR count). The Kier molecular flexibility index (Phi) is 1.94. The van der Waals surface area contributed by atoms with Crippen molar-refractivity contribution in [2.45, 2.75) is 32.1 Å². The van der Waals surface area contributed by atoms with Crippen LogP contribution in [0.15, 0.2) is 18.2 Å². The molecule has 0 amide bonds. The first-order valence-electron chi connectivity index (χ1n) is 5.74. The Morgan fingerprint density at radius 2 is 1.93 bits per heavy atom. The number of nitrogen functional groups attached to an aromatic ring is 1. The van der Waals surface area contributed by atoms with E-state index >= 15 is 0 Å². The summed E-state index contributed by atoms with van der Waals surface area (Å²) in [4.78, 5) is 3.52. The Morgan fingerprint density at radius 1 is 1.07 bits per heavy atom. The molecular formula is C13H16N2. The zero-order valence-corrected chi connectivity index (χ0v) is 8.84. The SMILES string of the molecule is Nc1cccc2[nH]c3c(c12)CCCCC3. The molecule has 0 radical (unpaired) electrons. The van der Waals surface area contributed by atoms with Crippen molar-refractivity contribution in [3.63, 3.8) is 0 Å². The molecule has 2 heteroatoms. The van der Waals surface area contributed by atoms with Gasteiger partial charge in [-0.2, -0.15) is 0 Å². The third-order valence-electron chi connectivity index (χ3n) is 3.40. The molecule has 1 aliphatic rings. The molecule has 0 bridgehead atoms. The molecule has 0 saturated heterocycles. The lowest BCUT2D eigenvalue weighted by Gasteiger charge is -2.00. The van der Waals surface area contributed by atoms with Crippen LogP contribution in [-0.2, 0) is 12.8 Å². The van der Waals surface area contributed by atoms with Gasteiger partial charge in [0.1, 0.15) is 0 Å². The lowest BCUT2D eigenvalue weighted by molar-refractivity contribution is 0.708. The van der Waals surface area contributed by atoms with Crippen molar-refractivity contribution < 1.29 is 0 Å². The monoisotopic (exact) mass is 200 g/mol. The van der Waals surface area contributed by atoms with Crippen LogP contribution in [0.25, 0.3) is 10.9 Å². The van der Waals surface area contributed by atoms with E-state index in [1.807, 2.05) is 12.1 Å². The predicted molar refractivity (Wildman–Crippen MR) is 64.0 cm³/mol. The van der Waals surface area contributed by atoms with Crippen LogP contribution in [0.4, 0.5) is 5.69 Å². The van der Waals surface area contributed by atoms with Gasteiger partial charge in [0.25, 0.3) is 0 Å². The minimum Gasteiger partial charge on any atom is -0.398 e. The van der Waals surface area contributed by atoms with E-state index < -0.39 is 0 Å². The first-order chi connectivity index (χ1) is 7.36. The number of hydrogen-bond acceptors (Lipinski definition) is 1. The van der Waals surface area contributed by atoms with Crippen molar-refractivity contribution in [2.24, 2.45) is 0 Å². The Morgan fingerprint density at radius 3 is 2.87 bits per heavy atom. The van der Waals surface area contributed by atoms with E-state index in [0.717, 1.165) is 5.69 Å². The highest BCUT2D eigenvalue weighted by molar-refractivity contribution is 5.95. The van der Waals surface area contributed by atoms with Crippen LogP contribution in [0, 0.1) is 0 Å². The summed E-state index contributed by atoms with van der Waals surface area (Å²) in [5.74, 6) is 0. The van der Waals surface area contributed by atoms with Gasteiger partial charge in [0.05, 0.1) is 0 Å². The highest BCUT2D eigenvalue weighted by Gasteiger charge is 2.15. The minimum absolute atomic E-state index is 0.923. The smallest absolute Gasteiger partial charge is 0.0479 e. The fourth-order valence-electron chi connectivity index (χ4n) is 2.67. The summed E-state index contributed by atoms with van der Waals surface area (Å²) in [5.41, 5.74) is 11.1. The maximum Gasteiger partial charge on any atom is 0.0479 e. The molecule has 3 N–H and O–H groups in total. The van der Waals surface area contributed by atoms with Crippen LogP contribution in [-0.4, -0.2) is 4.98 Å². The van der Waals surface area contributed by atoms with Crippen LogP contribution in [0.1, 0.15) is 30.5 Å². The zero-order chi connectivity index (χ0) is 10.3. The number of aryl methyl sites for hydroxylation is 2. The average Bonchev–Trinajstić information content (AvgIpc) is 2.43. The molecule has 0 unspecified atom stereocenters. The van der Waals surface area contributed by atoms with E-state index in [9.17, 15) is 0 Å². The summed E-state index contributed by atoms with van der Waals surface area (Å²) in [6, 6.07) is 6.15. The van der Waals surface area contributed by atoms with Crippen molar-refractivity contribution in [1.29, 1.82) is 0 Å². The number of anilines is 1. The summed E-state index contributed by atoms with van der Waals surface area (Å²) in [6.07, 6.45) is 6.32. The number of hydrogen-bond donors (Lipinski definition) is 2. The van der Waals surface area contributed by atoms with Gasteiger partial charge in [0, 0.05) is 22.3 Å². The molecule has 0 aliphatic heterocycles. The van der Waals surface area contributed by atoms with Crippen molar-refractivity contribution in [3.8, 4) is 0 Å². The van der Waals surface area contributed by atoms with E-state index in [-0.39, 0.29) is 0 Å². The van der Waals surface area contributed by atoms with E-state index in [1.54, 1.807) is 0 Å². The molecule has 1 heterocycles. The second-order valence-corrected chi connectivity index (χ2v) is 4.41. The third kappa shape index (κ3) is 1.32. The van der Waals surface area contributed by atoms with Crippen molar-refractivity contribution in [3.05, 3.63) is 29.5 Å². The van der Waals surface area contributed by atoms with Gasteiger partial charge in [-0.1, -0.05) is 12.5 Å². The van der Waals surface area contributed by atoms with E-state index in [4.69, 9.17) is 5.73 Å². The fourth-order valence-corrected chi connectivity index (χ4v) is 2.67. The number of fused-ring (bicyclic) bond motifs is 3. The maximum absolute atomic E-state index is 6.06. The fraction of sp³-hybridized carbons (Fsp3) is 0.385. The number of benzene rings is 1. The highest BCUT2D eigenvalue weighted by Crippen LogP contribution is 2.31. The molecule has 15 heavy (non-hydrogen) atoms. The predicted octanol–water partition coefficient (Wildman–Crippen LogP) is 3.02. The van der Waals surface area contributed by atoms with Crippen LogP contribution >= 0.6 is 0 Å². The molecule has 0 atom stereocenters. The molecule has 0 fully saturated rings. The number of H-pyrrole nitrogens is 1. The van der Waals surface area contributed by atoms with Crippen LogP contribution < -0.4 is 5.73 Å². The normalized spacial score (nSPS) is 16.3. The Bertz CT molecular complexity index is 496. The maximum atomic E-state index is 6.06. The Balaban J connectivity index is 2.29. The van der Waals surface area contributed by atoms with Gasteiger partial charge in [0.15, 0.2) is 0 Å². The average molecular weight is 200 g/mol. The van der Waals surface area contributed by atoms with Crippen molar-refractivity contribution in [2.75, 3.05) is 5.73 Å². The van der Waals surface area contributed by atoms with E-state index in [2.05, 4.69) is 11.1 Å². The number of aromatic amines is 1. The summed E-state index contributed by atoms with van der Waals surface area (Å²) in [7, 11) is 0. The second kappa shape index (κ2) is 3.30. The lowest BCUT2D eigenvalue weighted by Crippen LogP contribution is -1.90. The van der Waals surface area contributed by atoms with Gasteiger partial charge in [-0.3, -0.25) is 0 Å². The first-order valence-corrected chi connectivity index (χ1v) is 5.74. The lowest BCUT2D eigenvalue weighted by atomic mass is 10.1. The summed E-state index contributed by atoms with van der Waals surface area (Å²) >= 11 is 0. The highest BCUT2D eigenvalue weighted by atomic mass is 14.7. The third-order valence-corrected chi connectivity index (χ3v) is 3.40. The Labute approximate surface area is 89.5 Å². The van der Waals surface area contributed by atoms with Gasteiger partial charge < -0.3 is 10.7 Å². The first kappa shape index (κ1) is 8.84. The van der Waals surface area contributed by atoms with Gasteiger partial charge in [-0.05, 0) is 43.4 Å². The largest absolute Gasteiger partial charge is 0.398 e. The molecule has 1 aromatic heterocycles. The zero-order valence-electron chi connectivity index (χ0n) is 8.84. The molecule has 1 aromatic carbocycles. The summed E-state index contributed by atoms with van der Waals surface area (Å²) < 4.78 is 0. The summed E-state index contributed by atoms with van der Waals surface area (Å²) in [5, 5.41) is 1.27. The van der Waals surface area contributed by atoms with E-state index in [0.29, 0.717) is 0 Å². The number of nitrogens with two attached hydrogens (primary N) is 1. The molecular weight excluding hydrogens is 184 g/mol. The van der Waals surface area contributed by atoms with E-state index in [1.165, 1.54) is 54.3 Å². The van der Waals surface area contributed by atoms with Gasteiger partial charge in [0.2, 0.25) is 0 Å². The van der Waals surface area contributed by atoms with Crippen molar-refractivity contribution >= 4 is 16.6 Å². The topological polar surface area (TPSA) is 41.8 Å². The van der Waals surface area contributed by atoms with Gasteiger partial charge in [-0.25, -0.2) is 0 Å². The molecule has 0 spiro atoms. The van der Waals surface area contributed by atoms with Crippen LogP contribution in [0.3, 0.4) is 0 Å². The minimum atomic E-state index is 0.923. The standard InChI is InChI=1S/C13H16N2/c14-10-6-4-8-12-13(10)9-5-2-1-3-7-11(9)15-12/h4,6,8,15H,1-3,5,7,14H2. The van der Waals surface area contributed by atoms with Gasteiger partial charge >= 0.3 is 0 Å². The quantitative estimate of drug-likeness (QED) is 0.498. The number of aromatic nitrogens is 1. The van der Waals surface area contributed by atoms with Crippen LogP contribution in [0.2, 0.25) is 0 Å². The summed E-state index contributed by atoms with van der Waals surface area (Å²) in [6.45, 7) is 0. The van der Waals surface area contributed by atoms with Gasteiger partial charge in [-0.15, -0.1) is 0 Å². The molecule has 2 nitrogen and oxygen atoms in total.